The van der Waals surface area contributed by atoms with Gasteiger partial charge in [0.25, 0.3) is 0 Å². The van der Waals surface area contributed by atoms with E-state index in [4.69, 9.17) is 9.47 Å². The van der Waals surface area contributed by atoms with Crippen LogP contribution in [0, 0.1) is 0 Å². The molecule has 1 atom stereocenters. The average Bonchev–Trinajstić information content (AvgIpc) is 2.74. The van der Waals surface area contributed by atoms with Gasteiger partial charge in [-0.3, -0.25) is 9.80 Å². The zero-order chi connectivity index (χ0) is 18.6. The van der Waals surface area contributed by atoms with Gasteiger partial charge in [0.05, 0.1) is 14.2 Å². The lowest BCUT2D eigenvalue weighted by Crippen LogP contribution is -2.49. The number of nitrogens with zero attached hydrogens (tertiary/aromatic N) is 2. The second-order valence-corrected chi connectivity index (χ2v) is 7.70. The van der Waals surface area contributed by atoms with Crippen molar-refractivity contribution in [3.63, 3.8) is 0 Å². The fraction of sp³-hybridized carbons (Fsp3) is 0.478. The molecule has 144 valence electrons. The predicted molar refractivity (Wildman–Crippen MR) is 108 cm³/mol. The summed E-state index contributed by atoms with van der Waals surface area (Å²) in [7, 11) is 3.43. The van der Waals surface area contributed by atoms with E-state index in [1.165, 1.54) is 42.5 Å². The zero-order valence-corrected chi connectivity index (χ0v) is 16.5. The summed E-state index contributed by atoms with van der Waals surface area (Å²) in [6.45, 7) is 5.52. The topological polar surface area (TPSA) is 24.9 Å². The number of benzene rings is 2. The van der Waals surface area contributed by atoms with Crippen molar-refractivity contribution in [2.45, 2.75) is 38.4 Å². The summed E-state index contributed by atoms with van der Waals surface area (Å²) < 4.78 is 10.9. The van der Waals surface area contributed by atoms with Gasteiger partial charge in [-0.1, -0.05) is 30.3 Å². The Kier molecular flexibility index (Phi) is 5.65. The van der Waals surface area contributed by atoms with Crippen molar-refractivity contribution >= 4 is 0 Å². The standard InChI is InChI=1S/C23H30N2O2/c1-26-22-10-9-20(23(14-22)27-2)15-24-12-5-8-21(17-24)25-13-11-18-6-3-4-7-19(18)16-25/h3-4,6-7,9-10,14,21H,5,8,11-13,15-17H2,1-2H3. The van der Waals surface area contributed by atoms with Crippen molar-refractivity contribution in [1.82, 2.24) is 9.80 Å². The molecule has 2 heterocycles. The molecule has 2 aromatic carbocycles. The highest BCUT2D eigenvalue weighted by Crippen LogP contribution is 2.28. The van der Waals surface area contributed by atoms with Crippen LogP contribution in [-0.4, -0.2) is 49.7 Å². The number of hydrogen-bond acceptors (Lipinski definition) is 4. The molecule has 1 saturated heterocycles. The fourth-order valence-corrected chi connectivity index (χ4v) is 4.53. The van der Waals surface area contributed by atoms with Gasteiger partial charge in [-0.25, -0.2) is 0 Å². The van der Waals surface area contributed by atoms with Crippen molar-refractivity contribution in [3.8, 4) is 11.5 Å². The van der Waals surface area contributed by atoms with E-state index < -0.39 is 0 Å². The van der Waals surface area contributed by atoms with Gasteiger partial charge in [0.15, 0.2) is 0 Å². The molecule has 1 unspecified atom stereocenters. The molecule has 0 N–H and O–H groups in total. The summed E-state index contributed by atoms with van der Waals surface area (Å²) in [6, 6.07) is 15.7. The van der Waals surface area contributed by atoms with E-state index in [0.29, 0.717) is 6.04 Å². The highest BCUT2D eigenvalue weighted by atomic mass is 16.5. The van der Waals surface area contributed by atoms with Crippen LogP contribution in [0.3, 0.4) is 0 Å². The Hall–Kier alpha value is -2.04. The van der Waals surface area contributed by atoms with Crippen LogP contribution in [-0.2, 0) is 19.5 Å². The first-order chi connectivity index (χ1) is 13.3. The molecule has 4 nitrogen and oxygen atoms in total. The molecule has 0 aliphatic carbocycles. The second kappa shape index (κ2) is 8.32. The van der Waals surface area contributed by atoms with E-state index >= 15 is 0 Å². The van der Waals surface area contributed by atoms with E-state index in [1.807, 2.05) is 12.1 Å². The first kappa shape index (κ1) is 18.3. The Morgan fingerprint density at radius 2 is 1.85 bits per heavy atom. The van der Waals surface area contributed by atoms with E-state index in [0.717, 1.165) is 37.7 Å². The Labute approximate surface area is 162 Å². The van der Waals surface area contributed by atoms with Crippen molar-refractivity contribution in [3.05, 3.63) is 59.2 Å². The normalized spacial score (nSPS) is 20.9. The number of methoxy groups -OCH3 is 2. The van der Waals surface area contributed by atoms with Crippen molar-refractivity contribution in [1.29, 1.82) is 0 Å². The molecule has 1 fully saturated rings. The van der Waals surface area contributed by atoms with Crippen molar-refractivity contribution < 1.29 is 9.47 Å². The van der Waals surface area contributed by atoms with E-state index in [9.17, 15) is 0 Å². The van der Waals surface area contributed by atoms with Crippen LogP contribution >= 0.6 is 0 Å². The van der Waals surface area contributed by atoms with Gasteiger partial charge in [-0.05, 0) is 43.0 Å². The number of ether oxygens (including phenoxy) is 2. The van der Waals surface area contributed by atoms with Gasteiger partial charge < -0.3 is 9.47 Å². The van der Waals surface area contributed by atoms with Crippen LogP contribution in [0.1, 0.15) is 29.5 Å². The Morgan fingerprint density at radius 3 is 2.67 bits per heavy atom. The molecule has 2 aromatic rings. The third-order valence-corrected chi connectivity index (χ3v) is 6.05. The Morgan fingerprint density at radius 1 is 1.00 bits per heavy atom. The number of rotatable bonds is 5. The van der Waals surface area contributed by atoms with Crippen LogP contribution in [0.5, 0.6) is 11.5 Å². The predicted octanol–water partition coefficient (Wildman–Crippen LogP) is 3.73. The summed E-state index contributed by atoms with van der Waals surface area (Å²) in [4.78, 5) is 5.28. The van der Waals surface area contributed by atoms with Crippen molar-refractivity contribution in [2.24, 2.45) is 0 Å². The van der Waals surface area contributed by atoms with E-state index in [1.54, 1.807) is 14.2 Å². The third-order valence-electron chi connectivity index (χ3n) is 6.05. The summed E-state index contributed by atoms with van der Waals surface area (Å²) >= 11 is 0. The lowest BCUT2D eigenvalue weighted by molar-refractivity contribution is 0.0834. The van der Waals surface area contributed by atoms with E-state index in [-0.39, 0.29) is 0 Å². The van der Waals surface area contributed by atoms with E-state index in [2.05, 4.69) is 40.1 Å². The highest BCUT2D eigenvalue weighted by Gasteiger charge is 2.28. The molecule has 0 aromatic heterocycles. The third kappa shape index (κ3) is 4.12. The molecular formula is C23H30N2O2. The second-order valence-electron chi connectivity index (χ2n) is 7.70. The summed E-state index contributed by atoms with van der Waals surface area (Å²) in [5, 5.41) is 0. The maximum absolute atomic E-state index is 5.59. The van der Waals surface area contributed by atoms with Crippen LogP contribution in [0.4, 0.5) is 0 Å². The minimum atomic E-state index is 0.649. The number of hydrogen-bond donors (Lipinski definition) is 0. The lowest BCUT2D eigenvalue weighted by atomic mass is 9.96. The summed E-state index contributed by atoms with van der Waals surface area (Å²) in [5.74, 6) is 1.77. The average molecular weight is 367 g/mol. The summed E-state index contributed by atoms with van der Waals surface area (Å²) in [5.41, 5.74) is 4.28. The molecule has 4 heteroatoms. The molecular weight excluding hydrogens is 336 g/mol. The van der Waals surface area contributed by atoms with Gasteiger partial charge in [0.1, 0.15) is 11.5 Å². The molecule has 2 aliphatic heterocycles. The van der Waals surface area contributed by atoms with Gasteiger partial charge in [0, 0.05) is 43.9 Å². The molecule has 0 amide bonds. The molecule has 27 heavy (non-hydrogen) atoms. The van der Waals surface area contributed by atoms with Gasteiger partial charge >= 0.3 is 0 Å². The molecule has 0 saturated carbocycles. The monoisotopic (exact) mass is 366 g/mol. The largest absolute Gasteiger partial charge is 0.497 e. The van der Waals surface area contributed by atoms with Crippen LogP contribution < -0.4 is 9.47 Å². The van der Waals surface area contributed by atoms with Gasteiger partial charge in [-0.15, -0.1) is 0 Å². The first-order valence-electron chi connectivity index (χ1n) is 10.0. The number of likely N-dealkylation sites (tertiary alicyclic amines) is 1. The molecule has 4 rings (SSSR count). The van der Waals surface area contributed by atoms with Gasteiger partial charge in [-0.2, -0.15) is 0 Å². The fourth-order valence-electron chi connectivity index (χ4n) is 4.53. The molecule has 0 bridgehead atoms. The van der Waals surface area contributed by atoms with Crippen LogP contribution in [0.2, 0.25) is 0 Å². The van der Waals surface area contributed by atoms with Gasteiger partial charge in [0.2, 0.25) is 0 Å². The first-order valence-corrected chi connectivity index (χ1v) is 10.0. The lowest BCUT2D eigenvalue weighted by Gasteiger charge is -2.41. The highest BCUT2D eigenvalue weighted by molar-refractivity contribution is 5.40. The molecule has 2 aliphatic rings. The quantitative estimate of drug-likeness (QED) is 0.805. The maximum atomic E-state index is 5.59. The number of piperidine rings is 1. The minimum absolute atomic E-state index is 0.649. The molecule has 0 spiro atoms. The Balaban J connectivity index is 1.42. The SMILES string of the molecule is COc1ccc(CN2CCCC(N3CCc4ccccc4C3)C2)c(OC)c1. The van der Waals surface area contributed by atoms with Crippen LogP contribution in [0.15, 0.2) is 42.5 Å². The van der Waals surface area contributed by atoms with Crippen molar-refractivity contribution in [2.75, 3.05) is 33.9 Å². The smallest absolute Gasteiger partial charge is 0.127 e. The summed E-state index contributed by atoms with van der Waals surface area (Å²) in [6.07, 6.45) is 3.75. The number of fused-ring (bicyclic) bond motifs is 1. The van der Waals surface area contributed by atoms with Crippen LogP contribution in [0.25, 0.3) is 0 Å². The minimum Gasteiger partial charge on any atom is -0.497 e. The maximum Gasteiger partial charge on any atom is 0.127 e. The molecule has 0 radical (unpaired) electrons. The zero-order valence-electron chi connectivity index (χ0n) is 16.5. The Bertz CT molecular complexity index is 777.